The van der Waals surface area contributed by atoms with Crippen molar-refractivity contribution in [2.75, 3.05) is 26.2 Å². The summed E-state index contributed by atoms with van der Waals surface area (Å²) < 4.78 is 0. The predicted molar refractivity (Wildman–Crippen MR) is 76.7 cm³/mol. The molecular formula is C16H31NO. The maximum Gasteiger partial charge on any atom is 0.0500 e. The van der Waals surface area contributed by atoms with Gasteiger partial charge in [-0.15, -0.1) is 0 Å². The Kier molecular flexibility index (Phi) is 5.50. The van der Waals surface area contributed by atoms with Crippen LogP contribution < -0.4 is 0 Å². The fourth-order valence-electron chi connectivity index (χ4n) is 3.83. The van der Waals surface area contributed by atoms with Gasteiger partial charge in [0.2, 0.25) is 0 Å². The minimum absolute atomic E-state index is 0.227. The van der Waals surface area contributed by atoms with Crippen LogP contribution in [0.4, 0.5) is 0 Å². The van der Waals surface area contributed by atoms with Gasteiger partial charge in [-0.2, -0.15) is 0 Å². The largest absolute Gasteiger partial charge is 0.396 e. The lowest BCUT2D eigenvalue weighted by atomic mass is 9.85. The molecule has 0 aromatic rings. The van der Waals surface area contributed by atoms with Crippen molar-refractivity contribution in [1.29, 1.82) is 0 Å². The smallest absolute Gasteiger partial charge is 0.0500 e. The van der Waals surface area contributed by atoms with Crippen LogP contribution in [0.1, 0.15) is 64.7 Å². The van der Waals surface area contributed by atoms with Crippen molar-refractivity contribution in [3.8, 4) is 0 Å². The molecule has 2 heteroatoms. The van der Waals surface area contributed by atoms with Gasteiger partial charge in [0.25, 0.3) is 0 Å². The fourth-order valence-corrected chi connectivity index (χ4v) is 3.83. The number of nitrogens with zero attached hydrogens (tertiary/aromatic N) is 1. The Morgan fingerprint density at radius 2 is 2.00 bits per heavy atom. The highest BCUT2D eigenvalue weighted by Crippen LogP contribution is 2.33. The number of hydrogen-bond acceptors (Lipinski definition) is 2. The monoisotopic (exact) mass is 253 g/mol. The lowest BCUT2D eigenvalue weighted by Crippen LogP contribution is -2.30. The van der Waals surface area contributed by atoms with Gasteiger partial charge in [-0.05, 0) is 44.7 Å². The summed E-state index contributed by atoms with van der Waals surface area (Å²) in [6.07, 6.45) is 12.5. The third-order valence-corrected chi connectivity index (χ3v) is 5.41. The summed E-state index contributed by atoms with van der Waals surface area (Å²) in [4.78, 5) is 2.59. The SMILES string of the molecule is CCC1(CO)CCN(CCCC2CCCCC2)C1. The van der Waals surface area contributed by atoms with Gasteiger partial charge < -0.3 is 10.0 Å². The van der Waals surface area contributed by atoms with E-state index >= 15 is 0 Å². The van der Waals surface area contributed by atoms with Gasteiger partial charge in [0, 0.05) is 18.6 Å². The van der Waals surface area contributed by atoms with Crippen molar-refractivity contribution in [2.24, 2.45) is 11.3 Å². The van der Waals surface area contributed by atoms with E-state index in [4.69, 9.17) is 0 Å². The van der Waals surface area contributed by atoms with Crippen molar-refractivity contribution in [3.05, 3.63) is 0 Å². The number of aliphatic hydroxyl groups is 1. The number of likely N-dealkylation sites (tertiary alicyclic amines) is 1. The zero-order valence-corrected chi connectivity index (χ0v) is 12.2. The summed E-state index contributed by atoms with van der Waals surface area (Å²) in [5.74, 6) is 1.02. The molecule has 1 aliphatic heterocycles. The fraction of sp³-hybridized carbons (Fsp3) is 1.00. The molecule has 1 N–H and O–H groups in total. The van der Waals surface area contributed by atoms with Crippen LogP contribution in [-0.2, 0) is 0 Å². The molecule has 1 atom stereocenters. The summed E-state index contributed by atoms with van der Waals surface area (Å²) in [7, 11) is 0. The normalized spacial score (nSPS) is 31.0. The second-order valence-corrected chi connectivity index (χ2v) is 6.68. The minimum Gasteiger partial charge on any atom is -0.396 e. The van der Waals surface area contributed by atoms with Crippen molar-refractivity contribution in [1.82, 2.24) is 4.90 Å². The molecule has 2 fully saturated rings. The van der Waals surface area contributed by atoms with Crippen molar-refractivity contribution in [2.45, 2.75) is 64.7 Å². The molecule has 18 heavy (non-hydrogen) atoms. The van der Waals surface area contributed by atoms with Gasteiger partial charge in [0.1, 0.15) is 0 Å². The lowest BCUT2D eigenvalue weighted by Gasteiger charge is -2.26. The Morgan fingerprint density at radius 3 is 2.61 bits per heavy atom. The molecule has 0 radical (unpaired) electrons. The van der Waals surface area contributed by atoms with Gasteiger partial charge in [-0.25, -0.2) is 0 Å². The molecule has 1 saturated carbocycles. The van der Waals surface area contributed by atoms with Crippen LogP contribution in [0.2, 0.25) is 0 Å². The molecule has 0 aromatic carbocycles. The Labute approximate surface area is 113 Å². The van der Waals surface area contributed by atoms with E-state index in [-0.39, 0.29) is 5.41 Å². The van der Waals surface area contributed by atoms with E-state index in [0.717, 1.165) is 18.9 Å². The molecule has 2 aliphatic rings. The molecule has 0 bridgehead atoms. The van der Waals surface area contributed by atoms with Crippen molar-refractivity contribution < 1.29 is 5.11 Å². The summed E-state index contributed by atoms with van der Waals surface area (Å²) in [6, 6.07) is 0. The Balaban J connectivity index is 1.62. The van der Waals surface area contributed by atoms with E-state index in [0.29, 0.717) is 6.61 Å². The highest BCUT2D eigenvalue weighted by atomic mass is 16.3. The van der Waals surface area contributed by atoms with Gasteiger partial charge in [-0.1, -0.05) is 39.0 Å². The molecular weight excluding hydrogens is 222 g/mol. The van der Waals surface area contributed by atoms with Crippen LogP contribution in [0.25, 0.3) is 0 Å². The van der Waals surface area contributed by atoms with Gasteiger partial charge in [0.05, 0.1) is 0 Å². The first-order chi connectivity index (χ1) is 8.78. The first-order valence-electron chi connectivity index (χ1n) is 8.11. The van der Waals surface area contributed by atoms with Gasteiger partial charge >= 0.3 is 0 Å². The lowest BCUT2D eigenvalue weighted by molar-refractivity contribution is 0.123. The van der Waals surface area contributed by atoms with E-state index in [1.165, 1.54) is 64.5 Å². The average Bonchev–Trinajstić information content (AvgIpc) is 2.84. The standard InChI is InChI=1S/C16H31NO/c1-2-16(14-18)10-12-17(13-16)11-6-9-15-7-4-3-5-8-15/h15,18H,2-14H2,1H3. The molecule has 2 nitrogen and oxygen atoms in total. The maximum absolute atomic E-state index is 9.54. The van der Waals surface area contributed by atoms with E-state index in [1.807, 2.05) is 0 Å². The Bertz CT molecular complexity index is 231. The van der Waals surface area contributed by atoms with E-state index in [1.54, 1.807) is 0 Å². The summed E-state index contributed by atoms with van der Waals surface area (Å²) in [5, 5.41) is 9.54. The molecule has 0 spiro atoms. The second-order valence-electron chi connectivity index (χ2n) is 6.68. The van der Waals surface area contributed by atoms with E-state index in [2.05, 4.69) is 11.8 Å². The first-order valence-corrected chi connectivity index (χ1v) is 8.11. The number of hydrogen-bond donors (Lipinski definition) is 1. The molecule has 1 heterocycles. The molecule has 106 valence electrons. The van der Waals surface area contributed by atoms with Crippen molar-refractivity contribution >= 4 is 0 Å². The van der Waals surface area contributed by atoms with Crippen LogP contribution in [-0.4, -0.2) is 36.2 Å². The van der Waals surface area contributed by atoms with Crippen LogP contribution in [0.5, 0.6) is 0 Å². The van der Waals surface area contributed by atoms with Crippen molar-refractivity contribution in [3.63, 3.8) is 0 Å². The summed E-state index contributed by atoms with van der Waals surface area (Å²) in [6.45, 7) is 6.20. The zero-order chi connectivity index (χ0) is 12.8. The molecule has 0 aromatic heterocycles. The van der Waals surface area contributed by atoms with Crippen LogP contribution in [0.3, 0.4) is 0 Å². The van der Waals surface area contributed by atoms with Crippen LogP contribution in [0.15, 0.2) is 0 Å². The van der Waals surface area contributed by atoms with Gasteiger partial charge in [-0.3, -0.25) is 0 Å². The minimum atomic E-state index is 0.227. The summed E-state index contributed by atoms with van der Waals surface area (Å²) >= 11 is 0. The average molecular weight is 253 g/mol. The Morgan fingerprint density at radius 1 is 1.22 bits per heavy atom. The molecule has 0 amide bonds. The van der Waals surface area contributed by atoms with Crippen LogP contribution >= 0.6 is 0 Å². The molecule has 2 rings (SSSR count). The number of aliphatic hydroxyl groups excluding tert-OH is 1. The molecule has 1 unspecified atom stereocenters. The van der Waals surface area contributed by atoms with Crippen LogP contribution in [0, 0.1) is 11.3 Å². The highest BCUT2D eigenvalue weighted by Gasteiger charge is 2.35. The van der Waals surface area contributed by atoms with Gasteiger partial charge in [0.15, 0.2) is 0 Å². The first kappa shape index (κ1) is 14.3. The second kappa shape index (κ2) is 6.91. The third kappa shape index (κ3) is 3.71. The molecule has 1 aliphatic carbocycles. The Hall–Kier alpha value is -0.0800. The highest BCUT2D eigenvalue weighted by molar-refractivity contribution is 4.88. The topological polar surface area (TPSA) is 23.5 Å². The van der Waals surface area contributed by atoms with E-state index < -0.39 is 0 Å². The third-order valence-electron chi connectivity index (χ3n) is 5.41. The van der Waals surface area contributed by atoms with E-state index in [9.17, 15) is 5.11 Å². The molecule has 1 saturated heterocycles. The summed E-state index contributed by atoms with van der Waals surface area (Å²) in [5.41, 5.74) is 0.227. The maximum atomic E-state index is 9.54. The quantitative estimate of drug-likeness (QED) is 0.784. The zero-order valence-electron chi connectivity index (χ0n) is 12.2. The number of rotatable bonds is 6. The predicted octanol–water partition coefficient (Wildman–Crippen LogP) is 3.44.